The average molecular weight is 443 g/mol. The fraction of sp³-hybridized carbons (Fsp3) is 0.308. The predicted molar refractivity (Wildman–Crippen MR) is 132 cm³/mol. The van der Waals surface area contributed by atoms with Crippen LogP contribution in [0.15, 0.2) is 59.5 Å². The summed E-state index contributed by atoms with van der Waals surface area (Å²) in [6.07, 6.45) is 5.27. The van der Waals surface area contributed by atoms with E-state index >= 15 is 0 Å². The van der Waals surface area contributed by atoms with Crippen molar-refractivity contribution in [1.29, 1.82) is 0 Å². The molecule has 3 aromatic heterocycles. The lowest BCUT2D eigenvalue weighted by Gasteiger charge is -2.32. The number of aromatic amines is 1. The van der Waals surface area contributed by atoms with Crippen molar-refractivity contribution < 1.29 is 0 Å². The fourth-order valence-electron chi connectivity index (χ4n) is 5.20. The van der Waals surface area contributed by atoms with Crippen molar-refractivity contribution in [3.63, 3.8) is 0 Å². The molecule has 32 heavy (non-hydrogen) atoms. The molecule has 0 saturated carbocycles. The van der Waals surface area contributed by atoms with Gasteiger partial charge in [-0.2, -0.15) is 0 Å². The number of piperidine rings is 1. The van der Waals surface area contributed by atoms with Crippen molar-refractivity contribution in [2.24, 2.45) is 0 Å². The molecule has 0 atom stereocenters. The van der Waals surface area contributed by atoms with Gasteiger partial charge < -0.3 is 9.88 Å². The van der Waals surface area contributed by atoms with Gasteiger partial charge in [0.05, 0.1) is 10.2 Å². The third kappa shape index (κ3) is 3.26. The van der Waals surface area contributed by atoms with Crippen molar-refractivity contribution in [2.45, 2.75) is 32.1 Å². The van der Waals surface area contributed by atoms with Crippen molar-refractivity contribution in [3.8, 4) is 0 Å². The van der Waals surface area contributed by atoms with Crippen LogP contribution in [0.5, 0.6) is 0 Å². The highest BCUT2D eigenvalue weighted by atomic mass is 32.1. The summed E-state index contributed by atoms with van der Waals surface area (Å²) in [6, 6.07) is 16.6. The lowest BCUT2D eigenvalue weighted by Crippen LogP contribution is -2.35. The third-order valence-corrected chi connectivity index (χ3v) is 8.01. The molecule has 5 aromatic rings. The van der Waals surface area contributed by atoms with Crippen LogP contribution in [0.25, 0.3) is 26.1 Å². The first-order valence-corrected chi connectivity index (χ1v) is 12.2. The number of thiazole rings is 1. The van der Waals surface area contributed by atoms with Crippen LogP contribution in [-0.4, -0.2) is 38.9 Å². The van der Waals surface area contributed by atoms with Crippen molar-refractivity contribution >= 4 is 37.4 Å². The van der Waals surface area contributed by atoms with E-state index in [1.165, 1.54) is 16.5 Å². The number of H-pyrrole nitrogens is 1. The highest BCUT2D eigenvalue weighted by molar-refractivity contribution is 7.23. The Kier molecular flexibility index (Phi) is 4.85. The second-order valence-electron chi connectivity index (χ2n) is 8.82. The number of nitrogens with zero attached hydrogens (tertiary/aromatic N) is 3. The minimum Gasteiger partial charge on any atom is -0.361 e. The Balaban J connectivity index is 1.18. The Bertz CT molecular complexity index is 1490. The molecule has 1 N–H and O–H groups in total. The van der Waals surface area contributed by atoms with Crippen LogP contribution < -0.4 is 5.56 Å². The molecular weight excluding hydrogens is 416 g/mol. The van der Waals surface area contributed by atoms with Crippen LogP contribution in [0.3, 0.4) is 0 Å². The maximum absolute atomic E-state index is 13.3. The van der Waals surface area contributed by atoms with E-state index in [0.717, 1.165) is 65.3 Å². The van der Waals surface area contributed by atoms with E-state index in [-0.39, 0.29) is 5.56 Å². The maximum Gasteiger partial charge on any atom is 0.262 e. The summed E-state index contributed by atoms with van der Waals surface area (Å²) in [7, 11) is 0. The number of hydrogen-bond donors (Lipinski definition) is 1. The molecule has 5 nitrogen and oxygen atoms in total. The van der Waals surface area contributed by atoms with Crippen molar-refractivity contribution in [1.82, 2.24) is 19.3 Å². The van der Waals surface area contributed by atoms with Gasteiger partial charge in [0.1, 0.15) is 0 Å². The normalized spacial score (nSPS) is 15.9. The lowest BCUT2D eigenvalue weighted by atomic mass is 9.89. The van der Waals surface area contributed by atoms with Gasteiger partial charge in [-0.1, -0.05) is 41.7 Å². The van der Waals surface area contributed by atoms with Gasteiger partial charge in [-0.05, 0) is 69.0 Å². The Morgan fingerprint density at radius 2 is 1.88 bits per heavy atom. The Morgan fingerprint density at radius 1 is 1.09 bits per heavy atom. The summed E-state index contributed by atoms with van der Waals surface area (Å²) in [5.74, 6) is 0.602. The first-order chi connectivity index (χ1) is 15.7. The number of rotatable bonds is 4. The monoisotopic (exact) mass is 442 g/mol. The lowest BCUT2D eigenvalue weighted by molar-refractivity contribution is 0.215. The molecule has 0 amide bonds. The second-order valence-corrected chi connectivity index (χ2v) is 9.83. The van der Waals surface area contributed by atoms with Crippen LogP contribution in [0.1, 0.15) is 35.6 Å². The average Bonchev–Trinajstić information content (AvgIpc) is 3.40. The molecule has 0 spiro atoms. The number of fused-ring (bicyclic) bond motifs is 4. The van der Waals surface area contributed by atoms with Gasteiger partial charge in [-0.25, -0.2) is 4.98 Å². The molecule has 2 aromatic carbocycles. The van der Waals surface area contributed by atoms with Crippen LogP contribution in [0.4, 0.5) is 0 Å². The summed E-state index contributed by atoms with van der Waals surface area (Å²) in [5.41, 5.74) is 5.46. The fourth-order valence-corrected chi connectivity index (χ4v) is 6.26. The highest BCUT2D eigenvalue weighted by Gasteiger charge is 2.23. The summed E-state index contributed by atoms with van der Waals surface area (Å²) >= 11 is 1.58. The molecule has 0 bridgehead atoms. The molecule has 1 aliphatic heterocycles. The van der Waals surface area contributed by atoms with E-state index in [4.69, 9.17) is 4.98 Å². The quantitative estimate of drug-likeness (QED) is 0.420. The Morgan fingerprint density at radius 3 is 2.75 bits per heavy atom. The minimum absolute atomic E-state index is 0.0960. The summed E-state index contributed by atoms with van der Waals surface area (Å²) in [5, 5.41) is 1.36. The van der Waals surface area contributed by atoms with Gasteiger partial charge in [0.15, 0.2) is 4.96 Å². The summed E-state index contributed by atoms with van der Waals surface area (Å²) in [6.45, 7) is 5.03. The topological polar surface area (TPSA) is 53.4 Å². The number of likely N-dealkylation sites (tertiary alicyclic amines) is 1. The van der Waals surface area contributed by atoms with Crippen LogP contribution in [0, 0.1) is 6.92 Å². The number of hydrogen-bond acceptors (Lipinski definition) is 4. The standard InChI is InChI=1S/C26H26N4OS/c1-17-19(25(31)30-23-8-4-5-9-24(23)32-26(30)28-17)12-15-29-13-10-18(11-14-29)21-16-27-22-7-3-2-6-20(21)22/h2-9,16,18,27H,10-15H2,1H3. The molecule has 0 radical (unpaired) electrons. The molecule has 1 saturated heterocycles. The number of benzene rings is 2. The maximum atomic E-state index is 13.3. The van der Waals surface area contributed by atoms with Crippen molar-refractivity contribution in [3.05, 3.63) is 81.9 Å². The molecule has 0 aliphatic carbocycles. The molecular formula is C26H26N4OS. The SMILES string of the molecule is Cc1nc2sc3ccccc3n2c(=O)c1CCN1CCC(c2c[nH]c3ccccc23)CC1. The van der Waals surface area contributed by atoms with Crippen LogP contribution in [-0.2, 0) is 6.42 Å². The third-order valence-electron chi connectivity index (χ3n) is 6.99. The zero-order valence-corrected chi connectivity index (χ0v) is 19.0. The van der Waals surface area contributed by atoms with Crippen LogP contribution in [0.2, 0.25) is 0 Å². The van der Waals surface area contributed by atoms with E-state index < -0.39 is 0 Å². The van der Waals surface area contributed by atoms with E-state index in [9.17, 15) is 4.79 Å². The van der Waals surface area contributed by atoms with E-state index in [0.29, 0.717) is 5.92 Å². The van der Waals surface area contributed by atoms with Gasteiger partial charge in [-0.15, -0.1) is 0 Å². The number of aryl methyl sites for hydroxylation is 1. The zero-order chi connectivity index (χ0) is 21.7. The van der Waals surface area contributed by atoms with Gasteiger partial charge in [0.2, 0.25) is 0 Å². The Labute approximate surface area is 190 Å². The predicted octanol–water partition coefficient (Wildman–Crippen LogP) is 5.12. The first-order valence-electron chi connectivity index (χ1n) is 11.4. The smallest absolute Gasteiger partial charge is 0.262 e. The molecule has 1 aliphatic rings. The highest BCUT2D eigenvalue weighted by Crippen LogP contribution is 2.33. The van der Waals surface area contributed by atoms with Gasteiger partial charge >= 0.3 is 0 Å². The largest absolute Gasteiger partial charge is 0.361 e. The molecule has 0 unspecified atom stereocenters. The van der Waals surface area contributed by atoms with Gasteiger partial charge in [0.25, 0.3) is 5.56 Å². The van der Waals surface area contributed by atoms with E-state index in [1.54, 1.807) is 15.7 Å². The Hall–Kier alpha value is -2.96. The van der Waals surface area contributed by atoms with Crippen molar-refractivity contribution in [2.75, 3.05) is 19.6 Å². The zero-order valence-electron chi connectivity index (χ0n) is 18.2. The molecule has 4 heterocycles. The first kappa shape index (κ1) is 19.7. The van der Waals surface area contributed by atoms with E-state index in [1.807, 2.05) is 25.1 Å². The molecule has 6 rings (SSSR count). The second kappa shape index (κ2) is 7.87. The van der Waals surface area contributed by atoms with Crippen LogP contribution >= 0.6 is 11.3 Å². The van der Waals surface area contributed by atoms with Gasteiger partial charge in [0, 0.05) is 34.9 Å². The molecule has 1 fully saturated rings. The summed E-state index contributed by atoms with van der Waals surface area (Å²) < 4.78 is 2.90. The molecule has 6 heteroatoms. The number of nitrogens with one attached hydrogen (secondary N) is 1. The molecule has 162 valence electrons. The number of aromatic nitrogens is 3. The van der Waals surface area contributed by atoms with E-state index in [2.05, 4.69) is 46.4 Å². The van der Waals surface area contributed by atoms with Gasteiger partial charge in [-0.3, -0.25) is 9.20 Å². The number of para-hydroxylation sites is 2. The summed E-state index contributed by atoms with van der Waals surface area (Å²) in [4.78, 5) is 24.8. The minimum atomic E-state index is 0.0960.